The van der Waals surface area contributed by atoms with Crippen LogP contribution in [0.15, 0.2) is 82.6 Å². The number of halogens is 1. The molecule has 2 aromatic heterocycles. The molecule has 0 saturated heterocycles. The topological polar surface area (TPSA) is 73.4 Å². The lowest BCUT2D eigenvalue weighted by Crippen LogP contribution is -2.27. The number of hydrogen-bond acceptors (Lipinski definition) is 6. The van der Waals surface area contributed by atoms with Gasteiger partial charge in [0, 0.05) is 12.7 Å². The number of para-hydroxylation sites is 2. The van der Waals surface area contributed by atoms with Crippen molar-refractivity contribution in [3.05, 3.63) is 89.6 Å². The van der Waals surface area contributed by atoms with Crippen LogP contribution in [0.3, 0.4) is 0 Å². The molecule has 0 saturated carbocycles. The molecule has 2 heterocycles. The molecule has 164 valence electrons. The fourth-order valence-electron chi connectivity index (χ4n) is 2.99. The van der Waals surface area contributed by atoms with Gasteiger partial charge in [0.1, 0.15) is 18.1 Å². The molecule has 2 aromatic carbocycles. The summed E-state index contributed by atoms with van der Waals surface area (Å²) in [4.78, 5) is 14.2. The van der Waals surface area contributed by atoms with Crippen LogP contribution in [-0.2, 0) is 17.9 Å². The maximum atomic E-state index is 12.6. The molecule has 32 heavy (non-hydrogen) atoms. The van der Waals surface area contributed by atoms with Crippen LogP contribution in [0.2, 0.25) is 5.02 Å². The molecular weight excluding hydrogens is 448 g/mol. The Morgan fingerprint density at radius 2 is 1.88 bits per heavy atom. The van der Waals surface area contributed by atoms with E-state index in [0.717, 1.165) is 11.4 Å². The first-order chi connectivity index (χ1) is 15.6. The zero-order valence-electron chi connectivity index (χ0n) is 17.3. The molecule has 0 atom stereocenters. The van der Waals surface area contributed by atoms with Gasteiger partial charge >= 0.3 is 0 Å². The Kier molecular flexibility index (Phi) is 7.14. The van der Waals surface area contributed by atoms with Crippen molar-refractivity contribution in [1.82, 2.24) is 19.7 Å². The van der Waals surface area contributed by atoms with Gasteiger partial charge in [-0.15, -0.1) is 10.2 Å². The van der Waals surface area contributed by atoms with E-state index >= 15 is 0 Å². The van der Waals surface area contributed by atoms with Crippen molar-refractivity contribution >= 4 is 29.3 Å². The summed E-state index contributed by atoms with van der Waals surface area (Å²) >= 11 is 7.52. The van der Waals surface area contributed by atoms with E-state index in [1.165, 1.54) is 11.8 Å². The average molecular weight is 469 g/mol. The molecule has 0 aliphatic rings. The summed E-state index contributed by atoms with van der Waals surface area (Å²) in [7, 11) is 1.75. The van der Waals surface area contributed by atoms with Crippen LogP contribution in [-0.4, -0.2) is 38.4 Å². The predicted molar refractivity (Wildman–Crippen MR) is 123 cm³/mol. The fraction of sp³-hybridized carbons (Fsp3) is 0.174. The Labute approximate surface area is 195 Å². The zero-order chi connectivity index (χ0) is 22.3. The number of hydrogen-bond donors (Lipinski definition) is 0. The van der Waals surface area contributed by atoms with Crippen molar-refractivity contribution in [3.8, 4) is 11.4 Å². The maximum absolute atomic E-state index is 12.6. The number of amides is 1. The first-order valence-corrected chi connectivity index (χ1v) is 11.2. The van der Waals surface area contributed by atoms with Crippen LogP contribution in [0.4, 0.5) is 0 Å². The molecule has 0 radical (unpaired) electrons. The van der Waals surface area contributed by atoms with E-state index in [0.29, 0.717) is 28.3 Å². The van der Waals surface area contributed by atoms with Crippen LogP contribution in [0.1, 0.15) is 11.6 Å². The van der Waals surface area contributed by atoms with E-state index < -0.39 is 0 Å². The fourth-order valence-corrected chi connectivity index (χ4v) is 4.09. The third kappa shape index (κ3) is 5.33. The summed E-state index contributed by atoms with van der Waals surface area (Å²) in [5.41, 5.74) is 0.883. The van der Waals surface area contributed by atoms with Gasteiger partial charge in [0.15, 0.2) is 11.0 Å². The molecule has 7 nitrogen and oxygen atoms in total. The normalized spacial score (nSPS) is 10.8. The second kappa shape index (κ2) is 10.4. The highest BCUT2D eigenvalue weighted by Gasteiger charge is 2.18. The number of rotatable bonds is 9. The standard InChI is InChI=1S/C23H21ClN4O3S/c1-27(14-18-10-7-13-30-18)22(29)16-32-23-26-25-21(28(23)17-8-3-2-4-9-17)15-31-20-12-6-5-11-19(20)24/h2-13H,14-16H2,1H3. The number of thioether (sulfide) groups is 1. The van der Waals surface area contributed by atoms with Crippen molar-refractivity contribution in [2.75, 3.05) is 12.8 Å². The van der Waals surface area contributed by atoms with E-state index in [1.807, 2.05) is 53.1 Å². The van der Waals surface area contributed by atoms with Gasteiger partial charge < -0.3 is 14.1 Å². The van der Waals surface area contributed by atoms with Crippen molar-refractivity contribution in [2.45, 2.75) is 18.3 Å². The number of benzene rings is 2. The van der Waals surface area contributed by atoms with Gasteiger partial charge in [-0.25, -0.2) is 0 Å². The Hall–Kier alpha value is -3.23. The minimum Gasteiger partial charge on any atom is -0.484 e. The second-order valence-electron chi connectivity index (χ2n) is 6.91. The molecule has 0 spiro atoms. The Balaban J connectivity index is 1.49. The number of carbonyl (C=O) groups excluding carboxylic acids is 1. The summed E-state index contributed by atoms with van der Waals surface area (Å²) < 4.78 is 13.1. The molecule has 4 rings (SSSR count). The highest BCUT2D eigenvalue weighted by Crippen LogP contribution is 2.26. The van der Waals surface area contributed by atoms with Gasteiger partial charge in [-0.1, -0.05) is 53.7 Å². The summed E-state index contributed by atoms with van der Waals surface area (Å²) in [5, 5.41) is 9.74. The van der Waals surface area contributed by atoms with Crippen molar-refractivity contribution in [2.24, 2.45) is 0 Å². The van der Waals surface area contributed by atoms with Gasteiger partial charge in [0.25, 0.3) is 0 Å². The van der Waals surface area contributed by atoms with E-state index in [4.69, 9.17) is 20.8 Å². The van der Waals surface area contributed by atoms with Crippen LogP contribution in [0.5, 0.6) is 5.75 Å². The van der Waals surface area contributed by atoms with Crippen LogP contribution < -0.4 is 4.74 Å². The third-order valence-corrected chi connectivity index (χ3v) is 5.86. The largest absolute Gasteiger partial charge is 0.484 e. The quantitative estimate of drug-likeness (QED) is 0.327. The Morgan fingerprint density at radius 3 is 2.62 bits per heavy atom. The average Bonchev–Trinajstić information content (AvgIpc) is 3.47. The van der Waals surface area contributed by atoms with Gasteiger partial charge in [-0.3, -0.25) is 9.36 Å². The van der Waals surface area contributed by atoms with Crippen LogP contribution in [0.25, 0.3) is 5.69 Å². The number of aromatic nitrogens is 3. The smallest absolute Gasteiger partial charge is 0.233 e. The second-order valence-corrected chi connectivity index (χ2v) is 8.26. The molecule has 1 amide bonds. The highest BCUT2D eigenvalue weighted by atomic mass is 35.5. The van der Waals surface area contributed by atoms with E-state index in [1.54, 1.807) is 36.4 Å². The van der Waals surface area contributed by atoms with E-state index in [9.17, 15) is 4.79 Å². The molecule has 0 unspecified atom stereocenters. The lowest BCUT2D eigenvalue weighted by atomic mass is 10.3. The van der Waals surface area contributed by atoms with Gasteiger partial charge in [-0.2, -0.15) is 0 Å². The third-order valence-electron chi connectivity index (χ3n) is 4.63. The zero-order valence-corrected chi connectivity index (χ0v) is 18.9. The first kappa shape index (κ1) is 22.0. The van der Waals surface area contributed by atoms with Crippen molar-refractivity contribution < 1.29 is 13.9 Å². The highest BCUT2D eigenvalue weighted by molar-refractivity contribution is 7.99. The minimum atomic E-state index is -0.0390. The number of nitrogens with zero attached hydrogens (tertiary/aromatic N) is 4. The van der Waals surface area contributed by atoms with Crippen LogP contribution >= 0.6 is 23.4 Å². The Morgan fingerprint density at radius 1 is 1.09 bits per heavy atom. The monoisotopic (exact) mass is 468 g/mol. The SMILES string of the molecule is CN(Cc1ccco1)C(=O)CSc1nnc(COc2ccccc2Cl)n1-c1ccccc1. The minimum absolute atomic E-state index is 0.0390. The van der Waals surface area contributed by atoms with E-state index in [2.05, 4.69) is 10.2 Å². The summed E-state index contributed by atoms with van der Waals surface area (Å²) in [5.74, 6) is 2.09. The van der Waals surface area contributed by atoms with Crippen molar-refractivity contribution in [3.63, 3.8) is 0 Å². The molecule has 0 N–H and O–H groups in total. The molecule has 0 fully saturated rings. The summed E-state index contributed by atoms with van der Waals surface area (Å²) in [6.07, 6.45) is 1.59. The maximum Gasteiger partial charge on any atom is 0.233 e. The Bertz CT molecular complexity index is 1170. The molecular formula is C23H21ClN4O3S. The van der Waals surface area contributed by atoms with Gasteiger partial charge in [0.2, 0.25) is 5.91 Å². The lowest BCUT2D eigenvalue weighted by molar-refractivity contribution is -0.127. The molecule has 0 aliphatic heterocycles. The molecule has 4 aromatic rings. The van der Waals surface area contributed by atoms with Crippen LogP contribution in [0, 0.1) is 0 Å². The molecule has 9 heteroatoms. The molecule has 0 bridgehead atoms. The predicted octanol–water partition coefficient (Wildman–Crippen LogP) is 4.84. The lowest BCUT2D eigenvalue weighted by Gasteiger charge is -2.15. The summed E-state index contributed by atoms with van der Waals surface area (Å²) in [6, 6.07) is 20.6. The number of furan rings is 1. The van der Waals surface area contributed by atoms with Gasteiger partial charge in [0.05, 0.1) is 23.6 Å². The first-order valence-electron chi connectivity index (χ1n) is 9.88. The van der Waals surface area contributed by atoms with Gasteiger partial charge in [-0.05, 0) is 36.4 Å². The number of carbonyl (C=O) groups is 1. The summed E-state index contributed by atoms with van der Waals surface area (Å²) in [6.45, 7) is 0.591. The number of ether oxygens (including phenoxy) is 1. The van der Waals surface area contributed by atoms with Crippen molar-refractivity contribution in [1.29, 1.82) is 0 Å². The molecule has 0 aliphatic carbocycles. The van der Waals surface area contributed by atoms with E-state index in [-0.39, 0.29) is 18.3 Å².